The number of hydrogen-bond donors (Lipinski definition) is 2. The van der Waals surface area contributed by atoms with E-state index in [2.05, 4.69) is 36.0 Å². The van der Waals surface area contributed by atoms with E-state index in [1.165, 1.54) is 0 Å². The van der Waals surface area contributed by atoms with Crippen LogP contribution in [-0.4, -0.2) is 57.0 Å². The van der Waals surface area contributed by atoms with Gasteiger partial charge in [-0.1, -0.05) is 22.0 Å². The third-order valence-electron chi connectivity index (χ3n) is 4.87. The number of halogens is 1. The highest BCUT2D eigenvalue weighted by Crippen LogP contribution is 2.33. The Morgan fingerprint density at radius 2 is 2.29 bits per heavy atom. The molecule has 2 aromatic heterocycles. The number of rotatable bonds is 7. The van der Waals surface area contributed by atoms with Crippen LogP contribution in [0.5, 0.6) is 0 Å². The monoisotopic (exact) mass is 445 g/mol. The minimum Gasteiger partial charge on any atom is -0.481 e. The maximum Gasteiger partial charge on any atom is 0.305 e. The molecule has 9 heteroatoms. The van der Waals surface area contributed by atoms with Gasteiger partial charge in [-0.2, -0.15) is 0 Å². The van der Waals surface area contributed by atoms with Crippen molar-refractivity contribution in [2.45, 2.75) is 25.3 Å². The van der Waals surface area contributed by atoms with Gasteiger partial charge < -0.3 is 19.7 Å². The first-order valence-electron chi connectivity index (χ1n) is 9.15. The normalized spacial score (nSPS) is 16.8. The highest BCUT2D eigenvalue weighted by molar-refractivity contribution is 9.10. The number of aromatic nitrogens is 4. The van der Waals surface area contributed by atoms with Crippen LogP contribution in [0.25, 0.3) is 22.3 Å². The van der Waals surface area contributed by atoms with Gasteiger partial charge >= 0.3 is 5.97 Å². The molecule has 3 aromatic rings. The molecule has 0 radical (unpaired) electrons. The first-order chi connectivity index (χ1) is 13.6. The number of nitrogens with one attached hydrogen (secondary N) is 1. The third-order valence-corrected chi connectivity index (χ3v) is 5.37. The molecule has 0 amide bonds. The molecule has 0 bridgehead atoms. The summed E-state index contributed by atoms with van der Waals surface area (Å²) < 4.78 is 6.56. The lowest BCUT2D eigenvalue weighted by Crippen LogP contribution is -2.34. The Labute approximate surface area is 170 Å². The van der Waals surface area contributed by atoms with Crippen molar-refractivity contribution >= 4 is 38.6 Å². The number of H-pyrrole nitrogens is 1. The van der Waals surface area contributed by atoms with E-state index in [0.29, 0.717) is 12.4 Å². The number of aromatic amines is 1. The number of nitrogens with zero attached hydrogens (tertiary/aromatic N) is 4. The fourth-order valence-electron chi connectivity index (χ4n) is 3.56. The molecule has 1 aromatic carbocycles. The van der Waals surface area contributed by atoms with E-state index in [4.69, 9.17) is 14.8 Å². The average Bonchev–Trinajstić information content (AvgIpc) is 3.36. The lowest BCUT2D eigenvalue weighted by molar-refractivity contribution is -0.138. The van der Waals surface area contributed by atoms with Gasteiger partial charge in [-0.15, -0.1) is 10.2 Å². The molecular formula is C19H20BrN5O3. The highest BCUT2D eigenvalue weighted by atomic mass is 79.9. The number of hydrogen-bond acceptors (Lipinski definition) is 6. The molecule has 2 N–H and O–H groups in total. The zero-order chi connectivity index (χ0) is 19.5. The Morgan fingerprint density at radius 3 is 3.07 bits per heavy atom. The fourth-order valence-corrected chi connectivity index (χ4v) is 3.91. The molecule has 1 fully saturated rings. The maximum atomic E-state index is 10.7. The van der Waals surface area contributed by atoms with Gasteiger partial charge in [0.2, 0.25) is 0 Å². The highest BCUT2D eigenvalue weighted by Gasteiger charge is 2.27. The number of carboxylic acid groups (broad SMARTS) is 1. The van der Waals surface area contributed by atoms with Crippen molar-refractivity contribution < 1.29 is 14.6 Å². The second kappa shape index (κ2) is 8.24. The Hall–Kier alpha value is -2.52. The molecule has 146 valence electrons. The summed E-state index contributed by atoms with van der Waals surface area (Å²) in [5.41, 5.74) is 1.82. The van der Waals surface area contributed by atoms with Crippen molar-refractivity contribution in [3.8, 4) is 11.4 Å². The van der Waals surface area contributed by atoms with Gasteiger partial charge in [0, 0.05) is 22.0 Å². The number of benzene rings is 1. The van der Waals surface area contributed by atoms with E-state index in [-0.39, 0.29) is 19.1 Å². The zero-order valence-electron chi connectivity index (χ0n) is 15.1. The number of ether oxygens (including phenoxy) is 1. The molecule has 1 atom stereocenters. The Balaban J connectivity index is 1.65. The predicted octanol–water partition coefficient (Wildman–Crippen LogP) is 3.24. The average molecular weight is 446 g/mol. The predicted molar refractivity (Wildman–Crippen MR) is 108 cm³/mol. The number of aliphatic carboxylic acids is 1. The number of carbonyl (C=O) groups is 1. The first kappa shape index (κ1) is 18.8. The molecule has 1 saturated heterocycles. The largest absolute Gasteiger partial charge is 0.481 e. The van der Waals surface area contributed by atoms with Gasteiger partial charge in [0.05, 0.1) is 31.2 Å². The number of anilines is 1. The summed E-state index contributed by atoms with van der Waals surface area (Å²) in [6.45, 7) is 1.60. The lowest BCUT2D eigenvalue weighted by Gasteiger charge is -2.26. The minimum absolute atomic E-state index is 0.0185. The van der Waals surface area contributed by atoms with Crippen molar-refractivity contribution in [3.05, 3.63) is 35.1 Å². The van der Waals surface area contributed by atoms with E-state index in [1.54, 1.807) is 6.33 Å². The van der Waals surface area contributed by atoms with Crippen LogP contribution < -0.4 is 4.90 Å². The van der Waals surface area contributed by atoms with Crippen molar-refractivity contribution in [2.75, 3.05) is 24.7 Å². The zero-order valence-corrected chi connectivity index (χ0v) is 16.7. The molecular weight excluding hydrogens is 426 g/mol. The Bertz CT molecular complexity index is 979. The molecule has 4 rings (SSSR count). The van der Waals surface area contributed by atoms with E-state index in [1.807, 2.05) is 24.3 Å². The molecule has 1 aliphatic rings. The minimum atomic E-state index is -0.846. The summed E-state index contributed by atoms with van der Waals surface area (Å²) in [5, 5.41) is 17.9. The summed E-state index contributed by atoms with van der Waals surface area (Å²) in [6, 6.07) is 8.20. The first-order valence-corrected chi connectivity index (χ1v) is 9.94. The topological polar surface area (TPSA) is 104 Å². The van der Waals surface area contributed by atoms with E-state index in [9.17, 15) is 4.79 Å². The molecule has 0 unspecified atom stereocenters. The molecule has 3 heterocycles. The SMILES string of the molecule is O=C(O)CCOC[C@@H]1CCCN1c1cc(-c2nnc[nH]2)c2ccc(Br)cc2n1. The van der Waals surface area contributed by atoms with Crippen LogP contribution in [0.2, 0.25) is 0 Å². The van der Waals surface area contributed by atoms with Crippen LogP contribution in [0, 0.1) is 0 Å². The van der Waals surface area contributed by atoms with Crippen molar-refractivity contribution in [1.29, 1.82) is 0 Å². The molecule has 0 spiro atoms. The van der Waals surface area contributed by atoms with Crippen LogP contribution in [0.4, 0.5) is 5.82 Å². The van der Waals surface area contributed by atoms with Crippen molar-refractivity contribution in [3.63, 3.8) is 0 Å². The number of fused-ring (bicyclic) bond motifs is 1. The Morgan fingerprint density at radius 1 is 1.39 bits per heavy atom. The smallest absolute Gasteiger partial charge is 0.305 e. The van der Waals surface area contributed by atoms with Gasteiger partial charge in [-0.3, -0.25) is 4.79 Å². The summed E-state index contributed by atoms with van der Waals surface area (Å²) >= 11 is 3.52. The summed E-state index contributed by atoms with van der Waals surface area (Å²) in [4.78, 5) is 20.9. The number of carboxylic acids is 1. The van der Waals surface area contributed by atoms with E-state index in [0.717, 1.165) is 46.1 Å². The van der Waals surface area contributed by atoms with Gasteiger partial charge in [-0.25, -0.2) is 4.98 Å². The van der Waals surface area contributed by atoms with Crippen molar-refractivity contribution in [1.82, 2.24) is 20.2 Å². The lowest BCUT2D eigenvalue weighted by atomic mass is 10.1. The maximum absolute atomic E-state index is 10.7. The van der Waals surface area contributed by atoms with Gasteiger partial charge in [-0.05, 0) is 31.0 Å². The van der Waals surface area contributed by atoms with Crippen LogP contribution in [-0.2, 0) is 9.53 Å². The fraction of sp³-hybridized carbons (Fsp3) is 0.368. The molecule has 0 saturated carbocycles. The van der Waals surface area contributed by atoms with Crippen LogP contribution >= 0.6 is 15.9 Å². The molecule has 28 heavy (non-hydrogen) atoms. The summed E-state index contributed by atoms with van der Waals surface area (Å²) in [5.74, 6) is 0.715. The van der Waals surface area contributed by atoms with Crippen LogP contribution in [0.3, 0.4) is 0 Å². The molecule has 0 aliphatic carbocycles. The third kappa shape index (κ3) is 4.00. The second-order valence-electron chi connectivity index (χ2n) is 6.74. The van der Waals surface area contributed by atoms with Crippen molar-refractivity contribution in [2.24, 2.45) is 0 Å². The van der Waals surface area contributed by atoms with Gasteiger partial charge in [0.15, 0.2) is 5.82 Å². The Kier molecular flexibility index (Phi) is 5.54. The van der Waals surface area contributed by atoms with E-state index >= 15 is 0 Å². The summed E-state index contributed by atoms with van der Waals surface area (Å²) in [6.07, 6.45) is 3.62. The quantitative estimate of drug-likeness (QED) is 0.537. The number of pyridine rings is 1. The molecule has 1 aliphatic heterocycles. The second-order valence-corrected chi connectivity index (χ2v) is 7.65. The van der Waals surface area contributed by atoms with Crippen LogP contribution in [0.1, 0.15) is 19.3 Å². The van der Waals surface area contributed by atoms with E-state index < -0.39 is 5.97 Å². The molecule has 8 nitrogen and oxygen atoms in total. The standard InChI is InChI=1S/C19H20BrN5O3/c20-12-3-4-14-15(19-21-11-22-24-19)9-17(23-16(14)8-12)25-6-1-2-13(25)10-28-7-5-18(26)27/h3-4,8-9,11,13H,1-2,5-7,10H2,(H,26,27)(H,21,22,24)/t13-/m0/s1. The van der Waals surface area contributed by atoms with Crippen LogP contribution in [0.15, 0.2) is 35.1 Å². The summed E-state index contributed by atoms with van der Waals surface area (Å²) in [7, 11) is 0. The van der Waals surface area contributed by atoms with Gasteiger partial charge in [0.25, 0.3) is 0 Å². The van der Waals surface area contributed by atoms with Gasteiger partial charge in [0.1, 0.15) is 12.1 Å².